The Morgan fingerprint density at radius 3 is 2.54 bits per heavy atom. The third-order valence-electron chi connectivity index (χ3n) is 4.09. The number of carbonyl (C=O) groups excluding carboxylic acids is 1. The number of amides is 1. The van der Waals surface area contributed by atoms with E-state index in [4.69, 9.17) is 0 Å². The van der Waals surface area contributed by atoms with Crippen LogP contribution in [-0.4, -0.2) is 15.7 Å². The first kappa shape index (κ1) is 16.3. The molecule has 4 aromatic rings. The number of anilines is 1. The topological polar surface area (TPSA) is 46.9 Å². The van der Waals surface area contributed by atoms with Crippen molar-refractivity contribution >= 4 is 23.1 Å². The molecule has 2 aromatic heterocycles. The Kier molecular flexibility index (Phi) is 4.37. The van der Waals surface area contributed by atoms with Crippen LogP contribution in [0.1, 0.15) is 15.2 Å². The van der Waals surface area contributed by atoms with Gasteiger partial charge in [-0.2, -0.15) is 5.10 Å². The predicted octanol–water partition coefficient (Wildman–Crippen LogP) is 5.16. The molecule has 0 radical (unpaired) electrons. The van der Waals surface area contributed by atoms with Crippen LogP contribution < -0.4 is 5.32 Å². The van der Waals surface area contributed by atoms with Gasteiger partial charge < -0.3 is 5.32 Å². The third kappa shape index (κ3) is 3.30. The zero-order valence-electron chi connectivity index (χ0n) is 14.2. The van der Waals surface area contributed by atoms with Crippen LogP contribution in [0.3, 0.4) is 0 Å². The monoisotopic (exact) mass is 359 g/mol. The van der Waals surface area contributed by atoms with Crippen molar-refractivity contribution in [3.8, 4) is 16.8 Å². The molecule has 0 saturated heterocycles. The SMILES string of the molecule is Cc1ccc(-c2ccsc2C(=O)Nc2ccn(-c3ccccc3)n2)cc1. The minimum absolute atomic E-state index is 0.145. The molecular formula is C21H17N3OS. The molecule has 0 atom stereocenters. The molecule has 0 aliphatic rings. The number of hydrogen-bond donors (Lipinski definition) is 1. The molecule has 0 fully saturated rings. The standard InChI is InChI=1S/C21H17N3OS/c1-15-7-9-16(10-8-15)18-12-14-26-20(18)21(25)22-19-11-13-24(23-19)17-5-3-2-4-6-17/h2-14H,1H3,(H,22,23,25). The van der Waals surface area contributed by atoms with Crippen molar-refractivity contribution in [2.24, 2.45) is 0 Å². The lowest BCUT2D eigenvalue weighted by Gasteiger charge is -2.05. The summed E-state index contributed by atoms with van der Waals surface area (Å²) < 4.78 is 1.74. The number of benzene rings is 2. The van der Waals surface area contributed by atoms with E-state index in [1.54, 1.807) is 10.7 Å². The number of thiophene rings is 1. The summed E-state index contributed by atoms with van der Waals surface area (Å²) in [5.41, 5.74) is 4.12. The molecular weight excluding hydrogens is 342 g/mol. The van der Waals surface area contributed by atoms with E-state index in [9.17, 15) is 4.79 Å². The molecule has 0 unspecified atom stereocenters. The minimum Gasteiger partial charge on any atom is -0.304 e. The summed E-state index contributed by atoms with van der Waals surface area (Å²) in [5.74, 6) is 0.385. The van der Waals surface area contributed by atoms with Crippen LogP contribution in [0, 0.1) is 6.92 Å². The highest BCUT2D eigenvalue weighted by molar-refractivity contribution is 7.12. The first-order valence-electron chi connectivity index (χ1n) is 8.28. The van der Waals surface area contributed by atoms with Crippen LogP contribution in [0.4, 0.5) is 5.82 Å². The van der Waals surface area contributed by atoms with Crippen molar-refractivity contribution in [2.75, 3.05) is 5.32 Å². The van der Waals surface area contributed by atoms with E-state index in [1.807, 2.05) is 67.0 Å². The summed E-state index contributed by atoms with van der Waals surface area (Å²) in [4.78, 5) is 13.4. The average Bonchev–Trinajstić information content (AvgIpc) is 3.33. The van der Waals surface area contributed by atoms with E-state index in [2.05, 4.69) is 22.5 Å². The van der Waals surface area contributed by atoms with Gasteiger partial charge in [-0.3, -0.25) is 4.79 Å². The van der Waals surface area contributed by atoms with Crippen LogP contribution in [-0.2, 0) is 0 Å². The normalized spacial score (nSPS) is 10.7. The first-order chi connectivity index (χ1) is 12.7. The van der Waals surface area contributed by atoms with E-state index < -0.39 is 0 Å². The summed E-state index contributed by atoms with van der Waals surface area (Å²) >= 11 is 1.43. The maximum atomic E-state index is 12.7. The van der Waals surface area contributed by atoms with E-state index in [1.165, 1.54) is 16.9 Å². The van der Waals surface area contributed by atoms with Crippen LogP contribution in [0.25, 0.3) is 16.8 Å². The summed E-state index contributed by atoms with van der Waals surface area (Å²) in [6.07, 6.45) is 1.83. The second kappa shape index (κ2) is 6.98. The Bertz CT molecular complexity index is 1030. The van der Waals surface area contributed by atoms with Gasteiger partial charge in [0.2, 0.25) is 0 Å². The fourth-order valence-corrected chi connectivity index (χ4v) is 3.54. The lowest BCUT2D eigenvalue weighted by Crippen LogP contribution is -2.12. The van der Waals surface area contributed by atoms with Gasteiger partial charge in [-0.1, -0.05) is 48.0 Å². The summed E-state index contributed by atoms with van der Waals surface area (Å²) in [5, 5.41) is 9.27. The second-order valence-electron chi connectivity index (χ2n) is 5.96. The van der Waals surface area contributed by atoms with Gasteiger partial charge in [0.15, 0.2) is 5.82 Å². The highest BCUT2D eigenvalue weighted by atomic mass is 32.1. The van der Waals surface area contributed by atoms with Gasteiger partial charge in [0, 0.05) is 17.8 Å². The Morgan fingerprint density at radius 1 is 1.00 bits per heavy atom. The fraction of sp³-hybridized carbons (Fsp3) is 0.0476. The molecule has 0 saturated carbocycles. The fourth-order valence-electron chi connectivity index (χ4n) is 2.73. The number of carbonyl (C=O) groups is 1. The molecule has 0 spiro atoms. The van der Waals surface area contributed by atoms with Gasteiger partial charge in [0.1, 0.15) is 4.88 Å². The van der Waals surface area contributed by atoms with Gasteiger partial charge in [-0.25, -0.2) is 4.68 Å². The molecule has 0 aliphatic heterocycles. The molecule has 5 heteroatoms. The van der Waals surface area contributed by atoms with Gasteiger partial charge in [-0.15, -0.1) is 11.3 Å². The summed E-state index contributed by atoms with van der Waals surface area (Å²) in [6, 6.07) is 21.8. The van der Waals surface area contributed by atoms with Gasteiger partial charge in [0.25, 0.3) is 5.91 Å². The molecule has 1 N–H and O–H groups in total. The highest BCUT2D eigenvalue weighted by Crippen LogP contribution is 2.29. The number of para-hydroxylation sites is 1. The molecule has 4 nitrogen and oxygen atoms in total. The average molecular weight is 359 g/mol. The van der Waals surface area contributed by atoms with Crippen LogP contribution >= 0.6 is 11.3 Å². The van der Waals surface area contributed by atoms with Crippen molar-refractivity contribution in [2.45, 2.75) is 6.92 Å². The zero-order chi connectivity index (χ0) is 17.9. The maximum Gasteiger partial charge on any atom is 0.267 e. The van der Waals surface area contributed by atoms with Gasteiger partial charge >= 0.3 is 0 Å². The molecule has 2 heterocycles. The van der Waals surface area contributed by atoms with E-state index >= 15 is 0 Å². The Hall–Kier alpha value is -3.18. The number of nitrogens with one attached hydrogen (secondary N) is 1. The van der Waals surface area contributed by atoms with Gasteiger partial charge in [0.05, 0.1) is 5.69 Å². The van der Waals surface area contributed by atoms with Crippen LogP contribution in [0.2, 0.25) is 0 Å². The molecule has 128 valence electrons. The smallest absolute Gasteiger partial charge is 0.267 e. The molecule has 0 aliphatic carbocycles. The number of nitrogens with zero attached hydrogens (tertiary/aromatic N) is 2. The Morgan fingerprint density at radius 2 is 1.77 bits per heavy atom. The lowest BCUT2D eigenvalue weighted by molar-refractivity contribution is 0.103. The summed E-state index contributed by atoms with van der Waals surface area (Å²) in [7, 11) is 0. The quantitative estimate of drug-likeness (QED) is 0.547. The summed E-state index contributed by atoms with van der Waals surface area (Å²) in [6.45, 7) is 2.05. The molecule has 0 bridgehead atoms. The lowest BCUT2D eigenvalue weighted by atomic mass is 10.0. The third-order valence-corrected chi connectivity index (χ3v) is 5.00. The van der Waals surface area contributed by atoms with Crippen molar-refractivity contribution < 1.29 is 4.79 Å². The largest absolute Gasteiger partial charge is 0.304 e. The van der Waals surface area contributed by atoms with Crippen LogP contribution in [0.15, 0.2) is 78.3 Å². The first-order valence-corrected chi connectivity index (χ1v) is 9.16. The number of aromatic nitrogens is 2. The number of aryl methyl sites for hydroxylation is 1. The number of rotatable bonds is 4. The zero-order valence-corrected chi connectivity index (χ0v) is 15.0. The van der Waals surface area contributed by atoms with E-state index in [0.717, 1.165) is 16.8 Å². The van der Waals surface area contributed by atoms with E-state index in [-0.39, 0.29) is 5.91 Å². The van der Waals surface area contributed by atoms with Crippen molar-refractivity contribution in [3.63, 3.8) is 0 Å². The van der Waals surface area contributed by atoms with Gasteiger partial charge in [-0.05, 0) is 36.1 Å². The minimum atomic E-state index is -0.145. The Balaban J connectivity index is 1.56. The molecule has 26 heavy (non-hydrogen) atoms. The van der Waals surface area contributed by atoms with Crippen LogP contribution in [0.5, 0.6) is 0 Å². The highest BCUT2D eigenvalue weighted by Gasteiger charge is 2.16. The molecule has 2 aromatic carbocycles. The predicted molar refractivity (Wildman–Crippen MR) is 106 cm³/mol. The van der Waals surface area contributed by atoms with Crippen molar-refractivity contribution in [1.82, 2.24) is 9.78 Å². The van der Waals surface area contributed by atoms with Crippen molar-refractivity contribution in [3.05, 3.63) is 88.7 Å². The number of hydrogen-bond acceptors (Lipinski definition) is 3. The second-order valence-corrected chi connectivity index (χ2v) is 6.88. The van der Waals surface area contributed by atoms with Crippen molar-refractivity contribution in [1.29, 1.82) is 0 Å². The molecule has 1 amide bonds. The maximum absolute atomic E-state index is 12.7. The van der Waals surface area contributed by atoms with E-state index in [0.29, 0.717) is 10.7 Å². The Labute approximate surface area is 155 Å². The molecule has 4 rings (SSSR count).